The van der Waals surface area contributed by atoms with Crippen molar-refractivity contribution in [1.82, 2.24) is 15.5 Å². The Hall–Kier alpha value is -2.19. The molecule has 2 N–H and O–H groups in total. The van der Waals surface area contributed by atoms with Gasteiger partial charge in [0.15, 0.2) is 5.96 Å². The Morgan fingerprint density at radius 2 is 2.13 bits per heavy atom. The number of halogens is 3. The standard InChI is InChI=1S/C14H21F3N4O2/c1-3-18-13(19-7-6-11-5-4-8-23-11)20-9-12(22)21(2)10-14(15,16)17/h4-5,8H,3,6-7,9-10H2,1-2H3,(H2,18,19,20). The molecule has 0 atom stereocenters. The minimum absolute atomic E-state index is 0.358. The highest BCUT2D eigenvalue weighted by molar-refractivity contribution is 5.84. The lowest BCUT2D eigenvalue weighted by Gasteiger charge is -2.18. The molecule has 130 valence electrons. The number of carbonyl (C=O) groups excluding carboxylic acids is 1. The Bertz CT molecular complexity index is 501. The number of carbonyl (C=O) groups is 1. The Balaban J connectivity index is 2.45. The highest BCUT2D eigenvalue weighted by atomic mass is 19.4. The Morgan fingerprint density at radius 1 is 1.39 bits per heavy atom. The van der Waals surface area contributed by atoms with E-state index in [0.717, 1.165) is 12.8 Å². The van der Waals surface area contributed by atoms with Crippen LogP contribution in [0.2, 0.25) is 0 Å². The second-order valence-corrected chi connectivity index (χ2v) is 4.82. The van der Waals surface area contributed by atoms with E-state index in [4.69, 9.17) is 4.42 Å². The summed E-state index contributed by atoms with van der Waals surface area (Å²) in [6, 6.07) is 3.62. The van der Waals surface area contributed by atoms with Gasteiger partial charge in [-0.25, -0.2) is 4.99 Å². The molecule has 1 heterocycles. The number of nitrogens with zero attached hydrogens (tertiary/aromatic N) is 2. The van der Waals surface area contributed by atoms with Crippen LogP contribution in [0, 0.1) is 0 Å². The fourth-order valence-corrected chi connectivity index (χ4v) is 1.73. The molecule has 0 aliphatic carbocycles. The molecule has 1 aromatic rings. The van der Waals surface area contributed by atoms with Gasteiger partial charge in [0.2, 0.25) is 5.91 Å². The minimum atomic E-state index is -4.42. The predicted molar refractivity (Wildman–Crippen MR) is 80.1 cm³/mol. The lowest BCUT2D eigenvalue weighted by atomic mass is 10.3. The quantitative estimate of drug-likeness (QED) is 0.584. The molecule has 1 aromatic heterocycles. The lowest BCUT2D eigenvalue weighted by Crippen LogP contribution is -2.40. The molecule has 6 nitrogen and oxygen atoms in total. The highest BCUT2D eigenvalue weighted by Gasteiger charge is 2.30. The van der Waals surface area contributed by atoms with Gasteiger partial charge in [0, 0.05) is 26.6 Å². The monoisotopic (exact) mass is 334 g/mol. The summed E-state index contributed by atoms with van der Waals surface area (Å²) in [5, 5.41) is 5.91. The van der Waals surface area contributed by atoms with E-state index >= 15 is 0 Å². The topological polar surface area (TPSA) is 69.9 Å². The molecule has 0 aromatic carbocycles. The van der Waals surface area contributed by atoms with Crippen molar-refractivity contribution in [2.45, 2.75) is 19.5 Å². The van der Waals surface area contributed by atoms with E-state index in [-0.39, 0.29) is 6.54 Å². The van der Waals surface area contributed by atoms with E-state index < -0.39 is 18.6 Å². The van der Waals surface area contributed by atoms with E-state index in [1.807, 2.05) is 13.0 Å². The maximum atomic E-state index is 12.2. The summed E-state index contributed by atoms with van der Waals surface area (Å²) in [7, 11) is 1.10. The number of furan rings is 1. The molecule has 0 fully saturated rings. The van der Waals surface area contributed by atoms with Crippen molar-refractivity contribution in [1.29, 1.82) is 0 Å². The van der Waals surface area contributed by atoms with Crippen LogP contribution in [0.4, 0.5) is 13.2 Å². The molecule has 0 unspecified atom stereocenters. The first-order valence-electron chi connectivity index (χ1n) is 7.17. The molecule has 0 radical (unpaired) electrons. The summed E-state index contributed by atoms with van der Waals surface area (Å²) in [6.07, 6.45) is -2.22. The molecule has 0 bridgehead atoms. The number of likely N-dealkylation sites (N-methyl/N-ethyl adjacent to an activating group) is 1. The van der Waals surface area contributed by atoms with E-state index in [1.54, 1.807) is 12.3 Å². The van der Waals surface area contributed by atoms with Gasteiger partial charge in [-0.1, -0.05) is 0 Å². The Morgan fingerprint density at radius 3 is 2.70 bits per heavy atom. The summed E-state index contributed by atoms with van der Waals surface area (Å²) < 4.78 is 41.9. The number of rotatable bonds is 7. The third-order valence-corrected chi connectivity index (χ3v) is 2.80. The van der Waals surface area contributed by atoms with Crippen molar-refractivity contribution in [3.8, 4) is 0 Å². The van der Waals surface area contributed by atoms with Crippen LogP contribution in [0.1, 0.15) is 12.7 Å². The highest BCUT2D eigenvalue weighted by Crippen LogP contribution is 2.15. The molecule has 1 rings (SSSR count). The van der Waals surface area contributed by atoms with Gasteiger partial charge in [0.25, 0.3) is 0 Å². The molecule has 0 spiro atoms. The lowest BCUT2D eigenvalue weighted by molar-refractivity contribution is -0.157. The summed E-state index contributed by atoms with van der Waals surface area (Å²) in [6.45, 7) is 1.29. The van der Waals surface area contributed by atoms with E-state index in [9.17, 15) is 18.0 Å². The molecule has 9 heteroatoms. The van der Waals surface area contributed by atoms with Crippen LogP contribution in [-0.2, 0) is 11.2 Å². The SMILES string of the molecule is CCNC(=NCC(=O)N(C)CC(F)(F)F)NCCc1ccco1. The first-order valence-corrected chi connectivity index (χ1v) is 7.17. The zero-order chi connectivity index (χ0) is 17.3. The maximum absolute atomic E-state index is 12.2. The van der Waals surface area contributed by atoms with Gasteiger partial charge in [0.05, 0.1) is 6.26 Å². The second kappa shape index (κ2) is 9.06. The smallest absolute Gasteiger partial charge is 0.406 e. The number of amides is 1. The van der Waals surface area contributed by atoms with Gasteiger partial charge in [-0.3, -0.25) is 4.79 Å². The third-order valence-electron chi connectivity index (χ3n) is 2.80. The molecule has 0 saturated carbocycles. The molecular formula is C14H21F3N4O2. The number of nitrogens with one attached hydrogen (secondary N) is 2. The summed E-state index contributed by atoms with van der Waals surface area (Å²) >= 11 is 0. The van der Waals surface area contributed by atoms with E-state index in [0.29, 0.717) is 30.4 Å². The van der Waals surface area contributed by atoms with Gasteiger partial charge in [0.1, 0.15) is 18.8 Å². The van der Waals surface area contributed by atoms with Crippen molar-refractivity contribution >= 4 is 11.9 Å². The van der Waals surface area contributed by atoms with Crippen LogP contribution in [0.25, 0.3) is 0 Å². The average Bonchev–Trinajstić information content (AvgIpc) is 2.95. The van der Waals surface area contributed by atoms with Gasteiger partial charge in [-0.15, -0.1) is 0 Å². The molecule has 0 aliphatic rings. The number of hydrogen-bond donors (Lipinski definition) is 2. The number of alkyl halides is 3. The predicted octanol–water partition coefficient (Wildman–Crippen LogP) is 1.40. The third kappa shape index (κ3) is 8.12. The Kier molecular flexibility index (Phi) is 7.43. The molecular weight excluding hydrogens is 313 g/mol. The van der Waals surface area contributed by atoms with Crippen molar-refractivity contribution in [3.63, 3.8) is 0 Å². The van der Waals surface area contributed by atoms with Crippen molar-refractivity contribution in [2.24, 2.45) is 4.99 Å². The normalized spacial score (nSPS) is 12.1. The molecule has 0 saturated heterocycles. The van der Waals surface area contributed by atoms with E-state index in [1.165, 1.54) is 0 Å². The largest absolute Gasteiger partial charge is 0.469 e. The minimum Gasteiger partial charge on any atom is -0.469 e. The molecule has 0 aliphatic heterocycles. The number of aliphatic imine (C=N–C) groups is 1. The van der Waals surface area contributed by atoms with Crippen LogP contribution < -0.4 is 10.6 Å². The van der Waals surface area contributed by atoms with E-state index in [2.05, 4.69) is 15.6 Å². The van der Waals surface area contributed by atoms with Crippen LogP contribution in [0.5, 0.6) is 0 Å². The zero-order valence-electron chi connectivity index (χ0n) is 13.1. The van der Waals surface area contributed by atoms with Gasteiger partial charge >= 0.3 is 6.18 Å². The Labute approximate surface area is 132 Å². The average molecular weight is 334 g/mol. The van der Waals surface area contributed by atoms with Crippen molar-refractivity contribution in [2.75, 3.05) is 33.2 Å². The molecule has 23 heavy (non-hydrogen) atoms. The summed E-state index contributed by atoms with van der Waals surface area (Å²) in [5.74, 6) is 0.465. The fourth-order valence-electron chi connectivity index (χ4n) is 1.73. The first-order chi connectivity index (χ1) is 10.8. The number of guanidine groups is 1. The van der Waals surface area contributed by atoms with Crippen LogP contribution in [0.15, 0.2) is 27.8 Å². The first kappa shape index (κ1) is 18.9. The van der Waals surface area contributed by atoms with Crippen molar-refractivity contribution < 1.29 is 22.4 Å². The summed E-state index contributed by atoms with van der Waals surface area (Å²) in [5.41, 5.74) is 0. The summed E-state index contributed by atoms with van der Waals surface area (Å²) in [4.78, 5) is 16.2. The van der Waals surface area contributed by atoms with Crippen LogP contribution in [0.3, 0.4) is 0 Å². The molecule has 1 amide bonds. The van der Waals surface area contributed by atoms with Gasteiger partial charge in [-0.05, 0) is 19.1 Å². The van der Waals surface area contributed by atoms with Crippen LogP contribution >= 0.6 is 0 Å². The van der Waals surface area contributed by atoms with Crippen molar-refractivity contribution in [3.05, 3.63) is 24.2 Å². The zero-order valence-corrected chi connectivity index (χ0v) is 13.1. The number of hydrogen-bond acceptors (Lipinski definition) is 3. The fraction of sp³-hybridized carbons (Fsp3) is 0.571. The van der Waals surface area contributed by atoms with Gasteiger partial charge < -0.3 is 20.0 Å². The maximum Gasteiger partial charge on any atom is 0.406 e. The van der Waals surface area contributed by atoms with Gasteiger partial charge in [-0.2, -0.15) is 13.2 Å². The van der Waals surface area contributed by atoms with Crippen LogP contribution in [-0.4, -0.2) is 56.2 Å². The second-order valence-electron chi connectivity index (χ2n) is 4.82.